The van der Waals surface area contributed by atoms with E-state index in [1.807, 2.05) is 14.1 Å². The Kier molecular flexibility index (Phi) is 3.08. The van der Waals surface area contributed by atoms with Crippen molar-refractivity contribution in [1.82, 2.24) is 24.7 Å². The summed E-state index contributed by atoms with van der Waals surface area (Å²) in [7, 11) is 3.69. The molecule has 0 amide bonds. The fourth-order valence-corrected chi connectivity index (χ4v) is 2.37. The van der Waals surface area contributed by atoms with E-state index >= 15 is 0 Å². The highest BCUT2D eigenvalue weighted by Gasteiger charge is 2.11. The molecule has 3 rings (SSSR count). The maximum atomic E-state index is 5.17. The zero-order valence-corrected chi connectivity index (χ0v) is 11.3. The van der Waals surface area contributed by atoms with Crippen LogP contribution < -0.4 is 5.32 Å². The van der Waals surface area contributed by atoms with Gasteiger partial charge in [-0.05, 0) is 0 Å². The smallest absolute Gasteiger partial charge is 0.255 e. The van der Waals surface area contributed by atoms with E-state index < -0.39 is 0 Å². The summed E-state index contributed by atoms with van der Waals surface area (Å²) in [5, 5.41) is 8.78. The highest BCUT2D eigenvalue weighted by Crippen LogP contribution is 2.23. The van der Waals surface area contributed by atoms with Crippen LogP contribution in [0.15, 0.2) is 28.3 Å². The van der Waals surface area contributed by atoms with Gasteiger partial charge in [-0.25, -0.2) is 15.0 Å². The van der Waals surface area contributed by atoms with E-state index in [1.165, 1.54) is 11.8 Å². The summed E-state index contributed by atoms with van der Waals surface area (Å²) < 4.78 is 6.90. The third-order valence-electron chi connectivity index (χ3n) is 2.61. The number of nitrogens with one attached hydrogen (secondary N) is 1. The number of oxazole rings is 1. The Morgan fingerprint density at radius 1 is 1.42 bits per heavy atom. The van der Waals surface area contributed by atoms with Gasteiger partial charge in [0, 0.05) is 14.1 Å². The second-order valence-corrected chi connectivity index (χ2v) is 4.76. The first-order valence-corrected chi connectivity index (χ1v) is 6.65. The second kappa shape index (κ2) is 4.88. The highest BCUT2D eigenvalue weighted by atomic mass is 32.2. The number of aryl methyl sites for hydroxylation is 1. The molecule has 0 aliphatic carbocycles. The van der Waals surface area contributed by atoms with Gasteiger partial charge in [0.05, 0.1) is 23.5 Å². The summed E-state index contributed by atoms with van der Waals surface area (Å²) in [5.41, 5.74) is 0.808. The Balaban J connectivity index is 1.92. The average Bonchev–Trinajstić information content (AvgIpc) is 3.06. The average molecular weight is 276 g/mol. The lowest BCUT2D eigenvalue weighted by molar-refractivity contribution is 0.454. The summed E-state index contributed by atoms with van der Waals surface area (Å²) in [6.07, 6.45) is 4.92. The normalized spacial score (nSPS) is 11.1. The summed E-state index contributed by atoms with van der Waals surface area (Å²) >= 11 is 1.46. The van der Waals surface area contributed by atoms with Gasteiger partial charge in [-0.2, -0.15) is 5.10 Å². The minimum atomic E-state index is 0.594. The van der Waals surface area contributed by atoms with Crippen LogP contribution in [0.4, 0.5) is 5.82 Å². The molecule has 0 atom stereocenters. The number of nitrogens with zero attached hydrogens (tertiary/aromatic N) is 5. The van der Waals surface area contributed by atoms with Gasteiger partial charge in [0.2, 0.25) is 0 Å². The molecule has 19 heavy (non-hydrogen) atoms. The van der Waals surface area contributed by atoms with Crippen molar-refractivity contribution in [2.75, 3.05) is 12.4 Å². The van der Waals surface area contributed by atoms with E-state index in [9.17, 15) is 0 Å². The van der Waals surface area contributed by atoms with Crippen molar-refractivity contribution in [3.05, 3.63) is 24.5 Å². The number of hydrogen-bond donors (Lipinski definition) is 1. The van der Waals surface area contributed by atoms with Gasteiger partial charge in [-0.3, -0.25) is 4.68 Å². The van der Waals surface area contributed by atoms with Gasteiger partial charge in [0.15, 0.2) is 5.65 Å². The van der Waals surface area contributed by atoms with Crippen LogP contribution in [0.1, 0.15) is 5.82 Å². The Labute approximate surface area is 113 Å². The minimum absolute atomic E-state index is 0.594. The van der Waals surface area contributed by atoms with Crippen LogP contribution in [0.5, 0.6) is 0 Å². The van der Waals surface area contributed by atoms with Crippen molar-refractivity contribution in [2.24, 2.45) is 7.05 Å². The van der Waals surface area contributed by atoms with E-state index in [0.29, 0.717) is 16.8 Å². The molecule has 0 aliphatic rings. The van der Waals surface area contributed by atoms with E-state index in [-0.39, 0.29) is 0 Å². The van der Waals surface area contributed by atoms with Crippen molar-refractivity contribution in [1.29, 1.82) is 0 Å². The maximum absolute atomic E-state index is 5.17. The van der Waals surface area contributed by atoms with Crippen molar-refractivity contribution < 1.29 is 4.42 Å². The molecule has 3 aromatic heterocycles. The lowest BCUT2D eigenvalue weighted by Gasteiger charge is -2.04. The first kappa shape index (κ1) is 12.0. The van der Waals surface area contributed by atoms with Crippen LogP contribution in [-0.2, 0) is 12.8 Å². The van der Waals surface area contributed by atoms with Crippen LogP contribution in [0.25, 0.3) is 11.0 Å². The van der Waals surface area contributed by atoms with E-state index in [0.717, 1.165) is 16.9 Å². The number of rotatable bonds is 4. The molecule has 0 radical (unpaired) electrons. The SMILES string of the molecule is CNc1nc(CSc2ncco2)nc2c1cnn2C. The van der Waals surface area contributed by atoms with Crippen LogP contribution in [-0.4, -0.2) is 31.8 Å². The molecule has 0 aliphatic heterocycles. The van der Waals surface area contributed by atoms with Gasteiger partial charge >= 0.3 is 0 Å². The second-order valence-electron chi connectivity index (χ2n) is 3.83. The number of thioether (sulfide) groups is 1. The van der Waals surface area contributed by atoms with E-state index in [4.69, 9.17) is 4.42 Å². The molecule has 0 unspecified atom stereocenters. The monoisotopic (exact) mass is 276 g/mol. The zero-order valence-electron chi connectivity index (χ0n) is 10.5. The number of aromatic nitrogens is 5. The predicted molar refractivity (Wildman–Crippen MR) is 71.9 cm³/mol. The summed E-state index contributed by atoms with van der Waals surface area (Å²) in [6.45, 7) is 0. The highest BCUT2D eigenvalue weighted by molar-refractivity contribution is 7.98. The summed E-state index contributed by atoms with van der Waals surface area (Å²) in [5.74, 6) is 2.08. The molecule has 3 heterocycles. The fourth-order valence-electron chi connectivity index (χ4n) is 1.73. The quantitative estimate of drug-likeness (QED) is 0.726. The van der Waals surface area contributed by atoms with Crippen molar-refractivity contribution in [3.63, 3.8) is 0 Å². The molecule has 0 spiro atoms. The standard InChI is InChI=1S/C11H12N6OS/c1-12-9-7-5-14-17(2)10(7)16-8(15-9)6-19-11-13-3-4-18-11/h3-5H,6H2,1-2H3,(H,12,15,16). The fraction of sp³-hybridized carbons (Fsp3) is 0.273. The van der Waals surface area contributed by atoms with E-state index in [2.05, 4.69) is 25.4 Å². The third kappa shape index (κ3) is 2.26. The Bertz CT molecular complexity index is 693. The Morgan fingerprint density at radius 3 is 3.05 bits per heavy atom. The van der Waals surface area contributed by atoms with Crippen molar-refractivity contribution in [2.45, 2.75) is 11.0 Å². The largest absolute Gasteiger partial charge is 0.440 e. The number of fused-ring (bicyclic) bond motifs is 1. The van der Waals surface area contributed by atoms with Crippen LogP contribution in [0.2, 0.25) is 0 Å². The third-order valence-corrected chi connectivity index (χ3v) is 3.46. The Morgan fingerprint density at radius 2 is 2.32 bits per heavy atom. The predicted octanol–water partition coefficient (Wildman–Crippen LogP) is 1.69. The van der Waals surface area contributed by atoms with Gasteiger partial charge in [0.1, 0.15) is 17.9 Å². The molecule has 8 heteroatoms. The molecule has 0 saturated carbocycles. The lowest BCUT2D eigenvalue weighted by atomic mass is 10.4. The molecular weight excluding hydrogens is 264 g/mol. The van der Waals surface area contributed by atoms with Gasteiger partial charge in [-0.15, -0.1) is 0 Å². The molecule has 0 fully saturated rings. The molecule has 3 aromatic rings. The molecular formula is C11H12N6OS. The molecule has 98 valence electrons. The molecule has 7 nitrogen and oxygen atoms in total. The first-order chi connectivity index (χ1) is 9.28. The van der Waals surface area contributed by atoms with Crippen LogP contribution in [0.3, 0.4) is 0 Å². The Hall–Kier alpha value is -2.09. The zero-order chi connectivity index (χ0) is 13.2. The van der Waals surface area contributed by atoms with Gasteiger partial charge < -0.3 is 9.73 Å². The number of hydrogen-bond acceptors (Lipinski definition) is 7. The summed E-state index contributed by atoms with van der Waals surface area (Å²) in [4.78, 5) is 13.0. The van der Waals surface area contributed by atoms with Crippen molar-refractivity contribution in [3.8, 4) is 0 Å². The molecule has 0 aromatic carbocycles. The summed E-state index contributed by atoms with van der Waals surface area (Å²) in [6, 6.07) is 0. The topological polar surface area (TPSA) is 81.7 Å². The molecule has 0 bridgehead atoms. The van der Waals surface area contributed by atoms with Gasteiger partial charge in [0.25, 0.3) is 5.22 Å². The molecule has 1 N–H and O–H groups in total. The minimum Gasteiger partial charge on any atom is -0.440 e. The van der Waals surface area contributed by atoms with Gasteiger partial charge in [-0.1, -0.05) is 11.8 Å². The lowest BCUT2D eigenvalue weighted by Crippen LogP contribution is -2.02. The maximum Gasteiger partial charge on any atom is 0.255 e. The van der Waals surface area contributed by atoms with Crippen molar-refractivity contribution >= 4 is 28.6 Å². The first-order valence-electron chi connectivity index (χ1n) is 5.66. The number of anilines is 1. The van der Waals surface area contributed by atoms with E-state index in [1.54, 1.807) is 23.3 Å². The van der Waals surface area contributed by atoms with Crippen LogP contribution >= 0.6 is 11.8 Å². The van der Waals surface area contributed by atoms with Crippen LogP contribution in [0, 0.1) is 0 Å². The molecule has 0 saturated heterocycles.